The fourth-order valence-corrected chi connectivity index (χ4v) is 3.39. The molecular formula is C21H23N7O. The molecule has 0 atom stereocenters. The highest BCUT2D eigenvalue weighted by Gasteiger charge is 2.20. The Kier molecular flexibility index (Phi) is 5.33. The van der Waals surface area contributed by atoms with Crippen LogP contribution in [0.15, 0.2) is 48.8 Å². The second-order valence-electron chi connectivity index (χ2n) is 7.02. The van der Waals surface area contributed by atoms with Crippen molar-refractivity contribution in [3.05, 3.63) is 65.6 Å². The van der Waals surface area contributed by atoms with E-state index >= 15 is 0 Å². The highest BCUT2D eigenvalue weighted by atomic mass is 16.1. The molecule has 0 aliphatic carbocycles. The molecule has 3 aromatic rings. The number of benzene rings is 1. The molecule has 1 amide bonds. The minimum absolute atomic E-state index is 0.257. The van der Waals surface area contributed by atoms with Gasteiger partial charge in [0.2, 0.25) is 5.95 Å². The summed E-state index contributed by atoms with van der Waals surface area (Å²) in [5.41, 5.74) is 3.15. The van der Waals surface area contributed by atoms with Crippen LogP contribution in [0.3, 0.4) is 0 Å². The number of piperazine rings is 1. The number of amides is 1. The number of para-hydroxylation sites is 1. The number of nitrogens with one attached hydrogen (secondary N) is 1. The van der Waals surface area contributed by atoms with E-state index in [0.29, 0.717) is 5.69 Å². The van der Waals surface area contributed by atoms with Gasteiger partial charge in [-0.2, -0.15) is 0 Å². The molecule has 1 saturated heterocycles. The molecule has 1 aliphatic rings. The molecule has 1 aliphatic heterocycles. The average Bonchev–Trinajstić information content (AvgIpc) is 2.77. The second kappa shape index (κ2) is 8.22. The molecule has 29 heavy (non-hydrogen) atoms. The quantitative estimate of drug-likeness (QED) is 0.733. The molecular weight excluding hydrogens is 366 g/mol. The Morgan fingerprint density at radius 1 is 0.862 bits per heavy atom. The molecule has 0 bridgehead atoms. The van der Waals surface area contributed by atoms with Crippen LogP contribution >= 0.6 is 0 Å². The van der Waals surface area contributed by atoms with E-state index in [-0.39, 0.29) is 5.91 Å². The lowest BCUT2D eigenvalue weighted by Crippen LogP contribution is -2.47. The van der Waals surface area contributed by atoms with Crippen molar-refractivity contribution < 1.29 is 4.79 Å². The SMILES string of the molecule is Cc1cccc(C)c1NC(=O)c1ccc(N2CCN(c3ncccn3)CC2)nn1. The summed E-state index contributed by atoms with van der Waals surface area (Å²) in [6, 6.07) is 11.3. The standard InChI is InChI=1S/C21H23N7O/c1-15-5-3-6-16(2)19(15)24-20(29)17-7-8-18(26-25-17)27-11-13-28(14-12-27)21-22-9-4-10-23-21/h3-10H,11-14H2,1-2H3,(H,24,29). The Morgan fingerprint density at radius 3 is 2.14 bits per heavy atom. The van der Waals surface area contributed by atoms with Gasteiger partial charge in [-0.05, 0) is 43.2 Å². The van der Waals surface area contributed by atoms with Gasteiger partial charge >= 0.3 is 0 Å². The summed E-state index contributed by atoms with van der Waals surface area (Å²) in [7, 11) is 0. The number of hydrogen-bond donors (Lipinski definition) is 1. The molecule has 0 saturated carbocycles. The van der Waals surface area contributed by atoms with Crippen LogP contribution in [0.5, 0.6) is 0 Å². The van der Waals surface area contributed by atoms with Crippen LogP contribution in [-0.2, 0) is 0 Å². The first-order valence-electron chi connectivity index (χ1n) is 9.60. The molecule has 0 spiro atoms. The van der Waals surface area contributed by atoms with Crippen molar-refractivity contribution in [2.75, 3.05) is 41.3 Å². The van der Waals surface area contributed by atoms with Gasteiger partial charge < -0.3 is 15.1 Å². The number of aryl methyl sites for hydroxylation is 2. The number of carbonyl (C=O) groups is 1. The van der Waals surface area contributed by atoms with Gasteiger partial charge in [0, 0.05) is 44.3 Å². The van der Waals surface area contributed by atoms with Gasteiger partial charge in [-0.1, -0.05) is 18.2 Å². The number of hydrogen-bond acceptors (Lipinski definition) is 7. The maximum absolute atomic E-state index is 12.6. The van der Waals surface area contributed by atoms with Gasteiger partial charge in [-0.25, -0.2) is 9.97 Å². The molecule has 0 radical (unpaired) electrons. The zero-order valence-corrected chi connectivity index (χ0v) is 16.5. The lowest BCUT2D eigenvalue weighted by Gasteiger charge is -2.35. The minimum atomic E-state index is -0.257. The summed E-state index contributed by atoms with van der Waals surface area (Å²) in [6.07, 6.45) is 3.50. The monoisotopic (exact) mass is 389 g/mol. The number of anilines is 3. The van der Waals surface area contributed by atoms with Crippen molar-refractivity contribution in [3.63, 3.8) is 0 Å². The maximum atomic E-state index is 12.6. The third kappa shape index (κ3) is 4.16. The Balaban J connectivity index is 1.39. The summed E-state index contributed by atoms with van der Waals surface area (Å²) in [6.45, 7) is 7.14. The predicted octanol–water partition coefficient (Wildman–Crippen LogP) is 2.46. The van der Waals surface area contributed by atoms with E-state index in [1.165, 1.54) is 0 Å². The van der Waals surface area contributed by atoms with Gasteiger partial charge in [-0.15, -0.1) is 10.2 Å². The highest BCUT2D eigenvalue weighted by Crippen LogP contribution is 2.20. The molecule has 148 valence electrons. The van der Waals surface area contributed by atoms with E-state index in [1.807, 2.05) is 44.2 Å². The van der Waals surface area contributed by atoms with E-state index in [1.54, 1.807) is 18.5 Å². The molecule has 3 heterocycles. The fraction of sp³-hybridized carbons (Fsp3) is 0.286. The molecule has 1 fully saturated rings. The van der Waals surface area contributed by atoms with E-state index in [4.69, 9.17) is 0 Å². The predicted molar refractivity (Wildman–Crippen MR) is 112 cm³/mol. The largest absolute Gasteiger partial charge is 0.352 e. The molecule has 4 rings (SSSR count). The number of nitrogens with zero attached hydrogens (tertiary/aromatic N) is 6. The molecule has 8 nitrogen and oxygen atoms in total. The third-order valence-corrected chi connectivity index (χ3v) is 5.04. The summed E-state index contributed by atoms with van der Waals surface area (Å²) >= 11 is 0. The van der Waals surface area contributed by atoms with Crippen LogP contribution in [-0.4, -0.2) is 52.3 Å². The van der Waals surface area contributed by atoms with Crippen LogP contribution in [0.4, 0.5) is 17.5 Å². The van der Waals surface area contributed by atoms with Crippen molar-refractivity contribution in [2.24, 2.45) is 0 Å². The Morgan fingerprint density at radius 2 is 1.52 bits per heavy atom. The molecule has 0 unspecified atom stereocenters. The van der Waals surface area contributed by atoms with E-state index in [0.717, 1.165) is 54.8 Å². The van der Waals surface area contributed by atoms with E-state index < -0.39 is 0 Å². The van der Waals surface area contributed by atoms with Gasteiger partial charge in [0.05, 0.1) is 0 Å². The smallest absolute Gasteiger partial charge is 0.276 e. The van der Waals surface area contributed by atoms with Crippen LogP contribution in [0, 0.1) is 13.8 Å². The zero-order valence-electron chi connectivity index (χ0n) is 16.5. The summed E-state index contributed by atoms with van der Waals surface area (Å²) in [4.78, 5) is 25.5. The van der Waals surface area contributed by atoms with Gasteiger partial charge in [0.25, 0.3) is 5.91 Å². The Bertz CT molecular complexity index is 963. The van der Waals surface area contributed by atoms with Crippen LogP contribution < -0.4 is 15.1 Å². The lowest BCUT2D eigenvalue weighted by atomic mass is 10.1. The van der Waals surface area contributed by atoms with E-state index in [9.17, 15) is 4.79 Å². The first-order valence-corrected chi connectivity index (χ1v) is 9.60. The van der Waals surface area contributed by atoms with Crippen LogP contribution in [0.25, 0.3) is 0 Å². The highest BCUT2D eigenvalue weighted by molar-refractivity contribution is 6.03. The fourth-order valence-electron chi connectivity index (χ4n) is 3.39. The van der Waals surface area contributed by atoms with Crippen molar-refractivity contribution in [3.8, 4) is 0 Å². The lowest BCUT2D eigenvalue weighted by molar-refractivity contribution is 0.102. The molecule has 1 N–H and O–H groups in total. The van der Waals surface area contributed by atoms with Gasteiger partial charge in [0.1, 0.15) is 0 Å². The summed E-state index contributed by atoms with van der Waals surface area (Å²) in [5, 5.41) is 11.4. The summed E-state index contributed by atoms with van der Waals surface area (Å²) in [5.74, 6) is 1.26. The number of aromatic nitrogens is 4. The topological polar surface area (TPSA) is 87.1 Å². The van der Waals surface area contributed by atoms with Crippen molar-refractivity contribution in [2.45, 2.75) is 13.8 Å². The third-order valence-electron chi connectivity index (χ3n) is 5.04. The number of carbonyl (C=O) groups excluding carboxylic acids is 1. The Hall–Kier alpha value is -3.55. The first-order chi connectivity index (χ1) is 14.1. The van der Waals surface area contributed by atoms with Gasteiger partial charge in [0.15, 0.2) is 11.5 Å². The molecule has 1 aromatic carbocycles. The van der Waals surface area contributed by atoms with Crippen molar-refractivity contribution >= 4 is 23.4 Å². The van der Waals surface area contributed by atoms with Crippen LogP contribution in [0.1, 0.15) is 21.6 Å². The zero-order chi connectivity index (χ0) is 20.2. The molecule has 2 aromatic heterocycles. The maximum Gasteiger partial charge on any atom is 0.276 e. The number of rotatable bonds is 4. The normalized spacial score (nSPS) is 14.0. The van der Waals surface area contributed by atoms with Crippen molar-refractivity contribution in [1.82, 2.24) is 20.2 Å². The molecule has 8 heteroatoms. The summed E-state index contributed by atoms with van der Waals surface area (Å²) < 4.78 is 0. The second-order valence-corrected chi connectivity index (χ2v) is 7.02. The average molecular weight is 389 g/mol. The first kappa shape index (κ1) is 18.8. The minimum Gasteiger partial charge on any atom is -0.352 e. The van der Waals surface area contributed by atoms with Gasteiger partial charge in [-0.3, -0.25) is 4.79 Å². The van der Waals surface area contributed by atoms with Crippen LogP contribution in [0.2, 0.25) is 0 Å². The Labute approximate surface area is 169 Å². The van der Waals surface area contributed by atoms with Crippen molar-refractivity contribution in [1.29, 1.82) is 0 Å². The van der Waals surface area contributed by atoms with E-state index in [2.05, 4.69) is 35.3 Å².